The summed E-state index contributed by atoms with van der Waals surface area (Å²) in [4.78, 5) is 24.0. The number of ether oxygens (including phenoxy) is 2. The average Bonchev–Trinajstić information content (AvgIpc) is 3.32. The summed E-state index contributed by atoms with van der Waals surface area (Å²) in [6, 6.07) is 8.86. The molecule has 1 aliphatic rings. The fourth-order valence-electron chi connectivity index (χ4n) is 2.44. The van der Waals surface area contributed by atoms with Crippen molar-refractivity contribution < 1.29 is 19.1 Å². The van der Waals surface area contributed by atoms with Crippen molar-refractivity contribution in [2.75, 3.05) is 7.11 Å². The first kappa shape index (κ1) is 16.5. The van der Waals surface area contributed by atoms with Crippen molar-refractivity contribution in [1.82, 2.24) is 5.32 Å². The lowest BCUT2D eigenvalue weighted by Gasteiger charge is -2.16. The molecule has 3 atom stereocenters. The van der Waals surface area contributed by atoms with Crippen molar-refractivity contribution in [3.63, 3.8) is 0 Å². The first-order valence-electron chi connectivity index (χ1n) is 7.73. The molecule has 0 aliphatic carbocycles. The van der Waals surface area contributed by atoms with Crippen LogP contribution in [0.25, 0.3) is 0 Å². The van der Waals surface area contributed by atoms with Crippen LogP contribution in [0.2, 0.25) is 0 Å². The number of unbranched alkanes of at least 4 members (excludes halogenated alkanes) is 1. The molecule has 22 heavy (non-hydrogen) atoms. The number of rotatable bonds is 8. The monoisotopic (exact) mass is 305 g/mol. The molecule has 120 valence electrons. The average molecular weight is 305 g/mol. The fraction of sp³-hybridized carbons (Fsp3) is 0.529. The maximum absolute atomic E-state index is 12.2. The van der Waals surface area contributed by atoms with Gasteiger partial charge in [0.1, 0.15) is 6.04 Å². The van der Waals surface area contributed by atoms with Crippen molar-refractivity contribution in [2.24, 2.45) is 0 Å². The second kappa shape index (κ2) is 7.94. The molecule has 1 saturated heterocycles. The smallest absolute Gasteiger partial charge is 0.328 e. The number of benzene rings is 1. The molecule has 1 aromatic rings. The number of carbonyl (C=O) groups is 2. The van der Waals surface area contributed by atoms with Gasteiger partial charge in [0.15, 0.2) is 6.10 Å². The van der Waals surface area contributed by atoms with E-state index < -0.39 is 18.1 Å². The maximum atomic E-state index is 12.2. The van der Waals surface area contributed by atoms with Crippen LogP contribution >= 0.6 is 0 Å². The highest BCUT2D eigenvalue weighted by Gasteiger charge is 2.45. The van der Waals surface area contributed by atoms with Crippen LogP contribution in [0, 0.1) is 0 Å². The number of amides is 1. The Kier molecular flexibility index (Phi) is 5.95. The largest absolute Gasteiger partial charge is 0.467 e. The van der Waals surface area contributed by atoms with Crippen LogP contribution in [0.15, 0.2) is 30.3 Å². The Balaban J connectivity index is 1.90. The minimum Gasteiger partial charge on any atom is -0.467 e. The van der Waals surface area contributed by atoms with E-state index >= 15 is 0 Å². The van der Waals surface area contributed by atoms with Gasteiger partial charge in [-0.2, -0.15) is 0 Å². The van der Waals surface area contributed by atoms with Gasteiger partial charge in [-0.05, 0) is 12.0 Å². The molecule has 0 spiro atoms. The third kappa shape index (κ3) is 4.56. The molecular formula is C17H23NO4. The van der Waals surface area contributed by atoms with Crippen LogP contribution in [0.4, 0.5) is 0 Å². The maximum Gasteiger partial charge on any atom is 0.328 e. The Labute approximate surface area is 131 Å². The summed E-state index contributed by atoms with van der Waals surface area (Å²) in [7, 11) is 1.32. The van der Waals surface area contributed by atoms with Crippen molar-refractivity contribution in [3.05, 3.63) is 35.9 Å². The molecule has 0 radical (unpaired) electrons. The summed E-state index contributed by atoms with van der Waals surface area (Å²) in [5.41, 5.74) is 0.970. The Morgan fingerprint density at radius 3 is 2.68 bits per heavy atom. The number of esters is 1. The van der Waals surface area contributed by atoms with Gasteiger partial charge in [0.05, 0.1) is 13.2 Å². The van der Waals surface area contributed by atoms with E-state index in [-0.39, 0.29) is 12.0 Å². The van der Waals surface area contributed by atoms with Crippen LogP contribution < -0.4 is 5.32 Å². The van der Waals surface area contributed by atoms with Crippen LogP contribution in [0.3, 0.4) is 0 Å². The zero-order chi connectivity index (χ0) is 15.9. The SMILES string of the molecule is CCCC[C@@H]1O[C@@H]1C(=O)N[C@@H](Cc1ccccc1)C(=O)OC. The molecular weight excluding hydrogens is 282 g/mol. The number of hydrogen-bond acceptors (Lipinski definition) is 4. The Morgan fingerprint density at radius 1 is 1.32 bits per heavy atom. The third-order valence-corrected chi connectivity index (χ3v) is 3.77. The zero-order valence-corrected chi connectivity index (χ0v) is 13.1. The molecule has 1 N–H and O–H groups in total. The summed E-state index contributed by atoms with van der Waals surface area (Å²) in [6.07, 6.45) is 2.98. The van der Waals surface area contributed by atoms with E-state index in [0.717, 1.165) is 24.8 Å². The van der Waals surface area contributed by atoms with Crippen LogP contribution in [-0.4, -0.2) is 37.2 Å². The normalized spacial score (nSPS) is 21.0. The lowest BCUT2D eigenvalue weighted by molar-refractivity contribution is -0.145. The van der Waals surface area contributed by atoms with Gasteiger partial charge in [0.2, 0.25) is 0 Å². The predicted molar refractivity (Wildman–Crippen MR) is 82.3 cm³/mol. The van der Waals surface area contributed by atoms with Crippen molar-refractivity contribution in [1.29, 1.82) is 0 Å². The molecule has 1 fully saturated rings. The fourth-order valence-corrected chi connectivity index (χ4v) is 2.44. The first-order chi connectivity index (χ1) is 10.7. The van der Waals surface area contributed by atoms with Crippen molar-refractivity contribution in [3.8, 4) is 0 Å². The molecule has 0 aromatic heterocycles. The standard InChI is InChI=1S/C17H23NO4/c1-3-4-10-14-15(22-14)16(19)18-13(17(20)21-2)11-12-8-6-5-7-9-12/h5-9,13-15H,3-4,10-11H2,1-2H3,(H,18,19)/t13-,14-,15-/m0/s1. The van der Waals surface area contributed by atoms with Crippen molar-refractivity contribution >= 4 is 11.9 Å². The van der Waals surface area contributed by atoms with Gasteiger partial charge in [-0.1, -0.05) is 50.1 Å². The van der Waals surface area contributed by atoms with Gasteiger partial charge < -0.3 is 14.8 Å². The highest BCUT2D eigenvalue weighted by atomic mass is 16.6. The Hall–Kier alpha value is -1.88. The van der Waals surface area contributed by atoms with Crippen LogP contribution in [-0.2, 0) is 25.5 Å². The molecule has 0 unspecified atom stereocenters. The topological polar surface area (TPSA) is 67.9 Å². The van der Waals surface area contributed by atoms with E-state index in [0.29, 0.717) is 6.42 Å². The quantitative estimate of drug-likeness (QED) is 0.588. The van der Waals surface area contributed by atoms with Gasteiger partial charge in [-0.15, -0.1) is 0 Å². The minimum absolute atomic E-state index is 0.00466. The van der Waals surface area contributed by atoms with Crippen LogP contribution in [0.1, 0.15) is 31.7 Å². The van der Waals surface area contributed by atoms with Gasteiger partial charge in [0.25, 0.3) is 5.91 Å². The van der Waals surface area contributed by atoms with Gasteiger partial charge >= 0.3 is 5.97 Å². The lowest BCUT2D eigenvalue weighted by atomic mass is 10.1. The highest BCUT2D eigenvalue weighted by Crippen LogP contribution is 2.27. The summed E-state index contributed by atoms with van der Waals surface area (Å²) < 4.78 is 10.2. The number of carbonyl (C=O) groups excluding carboxylic acids is 2. The summed E-state index contributed by atoms with van der Waals surface area (Å²) in [6.45, 7) is 2.10. The molecule has 5 heteroatoms. The lowest BCUT2D eigenvalue weighted by Crippen LogP contribution is -2.45. The molecule has 1 heterocycles. The molecule has 0 bridgehead atoms. The minimum atomic E-state index is -0.684. The number of methoxy groups -OCH3 is 1. The van der Waals surface area contributed by atoms with Gasteiger partial charge in [-0.3, -0.25) is 4.79 Å². The number of nitrogens with one attached hydrogen (secondary N) is 1. The first-order valence-corrected chi connectivity index (χ1v) is 7.73. The van der Waals surface area contributed by atoms with E-state index in [1.54, 1.807) is 0 Å². The number of hydrogen-bond donors (Lipinski definition) is 1. The Morgan fingerprint density at radius 2 is 2.05 bits per heavy atom. The van der Waals surface area contributed by atoms with Crippen molar-refractivity contribution in [2.45, 2.75) is 50.9 Å². The predicted octanol–water partition coefficient (Wildman–Crippen LogP) is 1.84. The second-order valence-electron chi connectivity index (χ2n) is 5.51. The van der Waals surface area contributed by atoms with E-state index in [9.17, 15) is 9.59 Å². The summed E-state index contributed by atoms with van der Waals surface area (Å²) in [5.74, 6) is -0.671. The summed E-state index contributed by atoms with van der Waals surface area (Å²) >= 11 is 0. The van der Waals surface area contributed by atoms with Gasteiger partial charge in [-0.25, -0.2) is 4.79 Å². The van der Waals surface area contributed by atoms with E-state index in [1.807, 2.05) is 30.3 Å². The second-order valence-corrected chi connectivity index (χ2v) is 5.51. The van der Waals surface area contributed by atoms with E-state index in [2.05, 4.69) is 12.2 Å². The molecule has 1 aromatic carbocycles. The summed E-state index contributed by atoms with van der Waals surface area (Å²) in [5, 5.41) is 2.75. The molecule has 5 nitrogen and oxygen atoms in total. The van der Waals surface area contributed by atoms with Gasteiger partial charge in [0, 0.05) is 6.42 Å². The molecule has 1 aliphatic heterocycles. The molecule has 1 amide bonds. The molecule has 2 rings (SSSR count). The number of epoxide rings is 1. The van der Waals surface area contributed by atoms with E-state index in [4.69, 9.17) is 9.47 Å². The third-order valence-electron chi connectivity index (χ3n) is 3.77. The van der Waals surface area contributed by atoms with E-state index in [1.165, 1.54) is 7.11 Å². The van der Waals surface area contributed by atoms with Crippen LogP contribution in [0.5, 0.6) is 0 Å². The molecule has 0 saturated carbocycles. The zero-order valence-electron chi connectivity index (χ0n) is 13.1. The Bertz CT molecular complexity index is 503. The highest BCUT2D eigenvalue weighted by molar-refractivity contribution is 5.88.